The number of carbonyl (C=O) groups excluding carboxylic acids is 1. The Bertz CT molecular complexity index is 502. The first-order valence-electron chi connectivity index (χ1n) is 4.81. The van der Waals surface area contributed by atoms with Crippen molar-refractivity contribution >= 4 is 11.8 Å². The summed E-state index contributed by atoms with van der Waals surface area (Å²) < 4.78 is 0.609. The molecule has 0 bridgehead atoms. The average molecular weight is 234 g/mol. The van der Waals surface area contributed by atoms with Crippen molar-refractivity contribution in [3.05, 3.63) is 42.5 Å². The van der Waals surface area contributed by atoms with Crippen molar-refractivity contribution in [1.29, 1.82) is 0 Å². The summed E-state index contributed by atoms with van der Waals surface area (Å²) in [5.74, 6) is -0.739. The quantitative estimate of drug-likeness (QED) is 0.736. The second kappa shape index (κ2) is 4.48. The predicted molar refractivity (Wildman–Crippen MR) is 59.8 cm³/mol. The number of amides is 1. The zero-order valence-corrected chi connectivity index (χ0v) is 8.70. The van der Waals surface area contributed by atoms with Crippen molar-refractivity contribution in [3.63, 3.8) is 0 Å². The number of anilines is 1. The SMILES string of the molecule is O=C(Nc1ccccc1)On1c(O)ccc1O. The van der Waals surface area contributed by atoms with Gasteiger partial charge >= 0.3 is 6.09 Å². The van der Waals surface area contributed by atoms with Gasteiger partial charge in [0, 0.05) is 17.8 Å². The van der Waals surface area contributed by atoms with Crippen LogP contribution in [0.15, 0.2) is 42.5 Å². The van der Waals surface area contributed by atoms with Gasteiger partial charge in [0.15, 0.2) is 0 Å². The first kappa shape index (κ1) is 10.9. The Hall–Kier alpha value is -2.63. The molecule has 6 heteroatoms. The Balaban J connectivity index is 2.03. The molecule has 3 N–H and O–H groups in total. The topological polar surface area (TPSA) is 83.7 Å². The molecule has 1 aromatic carbocycles. The van der Waals surface area contributed by atoms with Crippen molar-refractivity contribution < 1.29 is 19.8 Å². The lowest BCUT2D eigenvalue weighted by molar-refractivity contribution is 0.120. The number of aromatic hydroxyl groups is 2. The van der Waals surface area contributed by atoms with Crippen LogP contribution in [0.4, 0.5) is 10.5 Å². The number of nitrogens with one attached hydrogen (secondary N) is 1. The van der Waals surface area contributed by atoms with Gasteiger partial charge in [-0.05, 0) is 12.1 Å². The molecule has 1 amide bonds. The summed E-state index contributed by atoms with van der Waals surface area (Å²) in [6.07, 6.45) is -0.821. The third-order valence-corrected chi connectivity index (χ3v) is 1.99. The Labute approximate surface area is 96.6 Å². The van der Waals surface area contributed by atoms with E-state index in [1.54, 1.807) is 30.3 Å². The molecule has 0 aliphatic rings. The number of rotatable bonds is 2. The summed E-state index contributed by atoms with van der Waals surface area (Å²) in [7, 11) is 0. The molecule has 2 aromatic rings. The Morgan fingerprint density at radius 2 is 1.65 bits per heavy atom. The predicted octanol–water partition coefficient (Wildman–Crippen LogP) is 1.56. The molecule has 1 heterocycles. The molecule has 0 saturated carbocycles. The van der Waals surface area contributed by atoms with Gasteiger partial charge in [-0.3, -0.25) is 5.32 Å². The summed E-state index contributed by atoms with van der Waals surface area (Å²) in [5.41, 5.74) is 0.545. The molecule has 0 atom stereocenters. The number of aromatic nitrogens is 1. The van der Waals surface area contributed by atoms with Crippen LogP contribution in [-0.4, -0.2) is 21.0 Å². The molecule has 0 aliphatic carbocycles. The minimum absolute atomic E-state index is 0.370. The molecule has 0 fully saturated rings. The highest BCUT2D eigenvalue weighted by atomic mass is 16.7. The molecule has 17 heavy (non-hydrogen) atoms. The van der Waals surface area contributed by atoms with Crippen molar-refractivity contribution in [2.24, 2.45) is 0 Å². The fourth-order valence-electron chi connectivity index (χ4n) is 1.24. The highest BCUT2D eigenvalue weighted by Gasteiger charge is 2.11. The van der Waals surface area contributed by atoms with Crippen molar-refractivity contribution in [1.82, 2.24) is 4.73 Å². The lowest BCUT2D eigenvalue weighted by Crippen LogP contribution is -2.24. The molecule has 6 nitrogen and oxygen atoms in total. The Kier molecular flexibility index (Phi) is 2.87. The van der Waals surface area contributed by atoms with Gasteiger partial charge in [0.2, 0.25) is 11.8 Å². The van der Waals surface area contributed by atoms with Crippen molar-refractivity contribution in [2.45, 2.75) is 0 Å². The maximum absolute atomic E-state index is 11.4. The summed E-state index contributed by atoms with van der Waals surface area (Å²) >= 11 is 0. The highest BCUT2D eigenvalue weighted by molar-refractivity contribution is 5.84. The van der Waals surface area contributed by atoms with Crippen molar-refractivity contribution in [2.75, 3.05) is 5.32 Å². The third kappa shape index (κ3) is 2.49. The summed E-state index contributed by atoms with van der Waals surface area (Å²) in [5, 5.41) is 20.9. The fourth-order valence-corrected chi connectivity index (χ4v) is 1.24. The van der Waals surface area contributed by atoms with Crippen LogP contribution in [0, 0.1) is 0 Å². The van der Waals surface area contributed by atoms with Crippen LogP contribution >= 0.6 is 0 Å². The van der Waals surface area contributed by atoms with E-state index in [0.717, 1.165) is 0 Å². The second-order valence-electron chi connectivity index (χ2n) is 3.21. The summed E-state index contributed by atoms with van der Waals surface area (Å²) in [6.45, 7) is 0. The van der Waals surface area contributed by atoms with Gasteiger partial charge in [-0.2, -0.15) is 0 Å². The van der Waals surface area contributed by atoms with Crippen molar-refractivity contribution in [3.8, 4) is 11.8 Å². The lowest BCUT2D eigenvalue weighted by atomic mass is 10.3. The monoisotopic (exact) mass is 234 g/mol. The van der Waals surface area contributed by atoms with E-state index in [4.69, 9.17) is 0 Å². The number of para-hydroxylation sites is 1. The highest BCUT2D eigenvalue weighted by Crippen LogP contribution is 2.18. The Morgan fingerprint density at radius 1 is 1.06 bits per heavy atom. The maximum atomic E-state index is 11.4. The molecule has 2 rings (SSSR count). The largest absolute Gasteiger partial charge is 0.492 e. The molecule has 88 valence electrons. The fraction of sp³-hybridized carbons (Fsp3) is 0. The molecule has 0 spiro atoms. The smallest absolute Gasteiger partial charge is 0.436 e. The van der Waals surface area contributed by atoms with Gasteiger partial charge in [0.25, 0.3) is 0 Å². The van der Waals surface area contributed by atoms with E-state index >= 15 is 0 Å². The van der Waals surface area contributed by atoms with E-state index in [0.29, 0.717) is 10.4 Å². The second-order valence-corrected chi connectivity index (χ2v) is 3.21. The van der Waals surface area contributed by atoms with Gasteiger partial charge in [-0.1, -0.05) is 18.2 Å². The lowest BCUT2D eigenvalue weighted by Gasteiger charge is -2.07. The van der Waals surface area contributed by atoms with Crippen LogP contribution < -0.4 is 10.2 Å². The molecule has 0 aliphatic heterocycles. The zero-order chi connectivity index (χ0) is 12.3. The van der Waals surface area contributed by atoms with Gasteiger partial charge in [0.05, 0.1) is 0 Å². The van der Waals surface area contributed by atoms with Gasteiger partial charge in [0.1, 0.15) is 0 Å². The first-order valence-corrected chi connectivity index (χ1v) is 4.81. The maximum Gasteiger partial charge on any atom is 0.436 e. The van der Waals surface area contributed by atoms with Crippen LogP contribution in [0.2, 0.25) is 0 Å². The summed E-state index contributed by atoms with van der Waals surface area (Å²) in [4.78, 5) is 16.1. The van der Waals surface area contributed by atoms with Gasteiger partial charge in [-0.15, -0.1) is 4.73 Å². The first-order chi connectivity index (χ1) is 8.16. The number of hydrogen-bond acceptors (Lipinski definition) is 4. The van der Waals surface area contributed by atoms with Gasteiger partial charge < -0.3 is 15.1 Å². The van der Waals surface area contributed by atoms with E-state index in [2.05, 4.69) is 10.2 Å². The number of hydrogen-bond donors (Lipinski definition) is 3. The normalized spacial score (nSPS) is 9.88. The van der Waals surface area contributed by atoms with Crippen LogP contribution in [0.25, 0.3) is 0 Å². The van der Waals surface area contributed by atoms with E-state index < -0.39 is 6.09 Å². The van der Waals surface area contributed by atoms with Crippen LogP contribution in [0.1, 0.15) is 0 Å². The third-order valence-electron chi connectivity index (χ3n) is 1.99. The molecule has 0 saturated heterocycles. The van der Waals surface area contributed by atoms with Crippen LogP contribution in [-0.2, 0) is 0 Å². The molecule has 0 unspecified atom stereocenters. The van der Waals surface area contributed by atoms with E-state index in [1.165, 1.54) is 12.1 Å². The van der Waals surface area contributed by atoms with Crippen LogP contribution in [0.3, 0.4) is 0 Å². The number of nitrogens with zero attached hydrogens (tertiary/aromatic N) is 1. The summed E-state index contributed by atoms with van der Waals surface area (Å²) in [6, 6.07) is 11.1. The molecule has 1 aromatic heterocycles. The number of carbonyl (C=O) groups is 1. The minimum atomic E-state index is -0.821. The molecule has 0 radical (unpaired) electrons. The molecular weight excluding hydrogens is 224 g/mol. The standard InChI is InChI=1S/C11H10N2O4/c14-9-6-7-10(15)13(9)17-11(16)12-8-4-2-1-3-5-8/h1-7,14-15H,(H,12,16). The molecular formula is C11H10N2O4. The van der Waals surface area contributed by atoms with E-state index in [-0.39, 0.29) is 11.8 Å². The Morgan fingerprint density at radius 3 is 2.24 bits per heavy atom. The van der Waals surface area contributed by atoms with Gasteiger partial charge in [-0.25, -0.2) is 4.79 Å². The average Bonchev–Trinajstić information content (AvgIpc) is 2.62. The minimum Gasteiger partial charge on any atom is -0.492 e. The van der Waals surface area contributed by atoms with Crippen LogP contribution in [0.5, 0.6) is 11.8 Å². The van der Waals surface area contributed by atoms with E-state index in [1.807, 2.05) is 0 Å². The zero-order valence-electron chi connectivity index (χ0n) is 8.70. The van der Waals surface area contributed by atoms with E-state index in [9.17, 15) is 15.0 Å². The number of benzene rings is 1.